The molecule has 1 heterocycles. The molecule has 0 saturated heterocycles. The summed E-state index contributed by atoms with van der Waals surface area (Å²) >= 11 is 2.93. The van der Waals surface area contributed by atoms with Crippen molar-refractivity contribution in [2.45, 2.75) is 36.8 Å². The van der Waals surface area contributed by atoms with E-state index >= 15 is 0 Å². The summed E-state index contributed by atoms with van der Waals surface area (Å²) in [5.74, 6) is 0.712. The lowest BCUT2D eigenvalue weighted by molar-refractivity contribution is 0.101. The molecule has 2 rings (SSSR count). The van der Waals surface area contributed by atoms with Gasteiger partial charge in [0, 0.05) is 5.75 Å². The van der Waals surface area contributed by atoms with Crippen LogP contribution in [0.1, 0.15) is 41.8 Å². The summed E-state index contributed by atoms with van der Waals surface area (Å²) in [6, 6.07) is 3.61. The summed E-state index contributed by atoms with van der Waals surface area (Å²) in [5, 5.41) is 17.9. The van der Waals surface area contributed by atoms with Crippen molar-refractivity contribution in [1.29, 1.82) is 0 Å². The van der Waals surface area contributed by atoms with E-state index in [9.17, 15) is 9.90 Å². The minimum Gasteiger partial charge on any atom is -0.507 e. The molecule has 1 aromatic carbocycles. The number of nitrogens with zero attached hydrogens (tertiary/aromatic N) is 2. The molecule has 105 valence electrons. The molecule has 0 aliphatic heterocycles. The van der Waals surface area contributed by atoms with Gasteiger partial charge in [0.1, 0.15) is 5.75 Å². The Morgan fingerprint density at radius 3 is 2.90 bits per heavy atom. The number of ketones is 1. The van der Waals surface area contributed by atoms with Gasteiger partial charge in [-0.2, -0.15) is 0 Å². The summed E-state index contributed by atoms with van der Waals surface area (Å²) < 4.78 is 0.850. The van der Waals surface area contributed by atoms with E-state index in [0.29, 0.717) is 11.3 Å². The van der Waals surface area contributed by atoms with Gasteiger partial charge in [-0.1, -0.05) is 42.5 Å². The zero-order valence-electron chi connectivity index (χ0n) is 11.3. The van der Waals surface area contributed by atoms with E-state index in [0.717, 1.165) is 28.3 Å². The number of rotatable bonds is 6. The quantitative estimate of drug-likeness (QED) is 0.654. The summed E-state index contributed by atoms with van der Waals surface area (Å²) in [7, 11) is 0. The van der Waals surface area contributed by atoms with Crippen LogP contribution in [0, 0.1) is 5.51 Å². The number of phenolic OH excluding ortho intramolecular Hbond substituents is 1. The predicted octanol–water partition coefficient (Wildman–Crippen LogP) is 3.49. The SMILES string of the molecule is CCCc1c(CSc2nn[c]s2)ccc(C(C)=O)c1O. The zero-order valence-corrected chi connectivity index (χ0v) is 13.0. The molecule has 4 nitrogen and oxygen atoms in total. The Bertz CT molecular complexity index is 597. The number of hydrogen-bond acceptors (Lipinski definition) is 6. The smallest absolute Gasteiger partial charge is 0.179 e. The minimum atomic E-state index is -0.113. The fourth-order valence-corrected chi connectivity index (χ4v) is 3.38. The number of Topliss-reactive ketones (excluding diaryl/α,β-unsaturated/α-hetero) is 1. The number of thioether (sulfide) groups is 1. The van der Waals surface area contributed by atoms with E-state index in [1.807, 2.05) is 6.07 Å². The largest absolute Gasteiger partial charge is 0.507 e. The van der Waals surface area contributed by atoms with Crippen LogP contribution in [0.25, 0.3) is 0 Å². The summed E-state index contributed by atoms with van der Waals surface area (Å²) in [6.45, 7) is 3.52. The fourth-order valence-electron chi connectivity index (χ4n) is 1.97. The van der Waals surface area contributed by atoms with Gasteiger partial charge in [0.15, 0.2) is 15.6 Å². The van der Waals surface area contributed by atoms with E-state index in [1.54, 1.807) is 17.8 Å². The van der Waals surface area contributed by atoms with Crippen LogP contribution in [0.5, 0.6) is 5.75 Å². The molecule has 0 fully saturated rings. The molecule has 0 aliphatic rings. The van der Waals surface area contributed by atoms with Gasteiger partial charge < -0.3 is 5.11 Å². The fraction of sp³-hybridized carbons (Fsp3) is 0.357. The van der Waals surface area contributed by atoms with Gasteiger partial charge in [0.05, 0.1) is 5.56 Å². The molecule has 0 bridgehead atoms. The molecule has 1 N–H and O–H groups in total. The molecule has 0 spiro atoms. The average molecular weight is 307 g/mol. The van der Waals surface area contributed by atoms with Crippen LogP contribution < -0.4 is 0 Å². The number of hydrogen-bond donors (Lipinski definition) is 1. The number of carbonyl (C=O) groups excluding carboxylic acids is 1. The van der Waals surface area contributed by atoms with Gasteiger partial charge >= 0.3 is 0 Å². The van der Waals surface area contributed by atoms with Crippen LogP contribution in [0.15, 0.2) is 16.5 Å². The van der Waals surface area contributed by atoms with Gasteiger partial charge in [0.2, 0.25) is 0 Å². The first-order valence-corrected chi connectivity index (χ1v) is 8.10. The molecule has 20 heavy (non-hydrogen) atoms. The topological polar surface area (TPSA) is 63.1 Å². The third-order valence-corrected chi connectivity index (χ3v) is 4.73. The molecule has 1 aromatic heterocycles. The van der Waals surface area contributed by atoms with E-state index in [4.69, 9.17) is 0 Å². The first kappa shape index (κ1) is 15.0. The van der Waals surface area contributed by atoms with Crippen molar-refractivity contribution in [1.82, 2.24) is 10.2 Å². The maximum atomic E-state index is 11.5. The standard InChI is InChI=1S/C14H15N2O2S2/c1-3-4-12-10(7-19-14-16-15-8-20-14)5-6-11(9(2)17)13(12)18/h5-6,18H,3-4,7H2,1-2H3. The highest BCUT2D eigenvalue weighted by Gasteiger charge is 2.15. The van der Waals surface area contributed by atoms with Crippen LogP contribution in [-0.4, -0.2) is 21.1 Å². The van der Waals surface area contributed by atoms with Crippen LogP contribution >= 0.6 is 23.1 Å². The summed E-state index contributed by atoms with van der Waals surface area (Å²) in [6.07, 6.45) is 1.67. The lowest BCUT2D eigenvalue weighted by Gasteiger charge is -2.12. The maximum Gasteiger partial charge on any atom is 0.179 e. The molecule has 1 radical (unpaired) electrons. The van der Waals surface area contributed by atoms with E-state index in [-0.39, 0.29) is 11.5 Å². The van der Waals surface area contributed by atoms with Crippen LogP contribution in [0.2, 0.25) is 0 Å². The number of aromatic nitrogens is 2. The van der Waals surface area contributed by atoms with E-state index in [1.165, 1.54) is 18.3 Å². The number of aromatic hydroxyl groups is 1. The summed E-state index contributed by atoms with van der Waals surface area (Å²) in [4.78, 5) is 11.5. The Morgan fingerprint density at radius 2 is 2.30 bits per heavy atom. The van der Waals surface area contributed by atoms with Crippen molar-refractivity contribution in [2.75, 3.05) is 0 Å². The molecular formula is C14H15N2O2S2. The first-order chi connectivity index (χ1) is 9.63. The average Bonchev–Trinajstić information content (AvgIpc) is 2.92. The van der Waals surface area contributed by atoms with Crippen molar-refractivity contribution >= 4 is 28.9 Å². The molecule has 0 saturated carbocycles. The third kappa shape index (κ3) is 3.37. The first-order valence-electron chi connectivity index (χ1n) is 6.30. The van der Waals surface area contributed by atoms with Crippen LogP contribution in [-0.2, 0) is 12.2 Å². The third-order valence-electron chi connectivity index (χ3n) is 2.92. The molecule has 6 heteroatoms. The van der Waals surface area contributed by atoms with Crippen molar-refractivity contribution < 1.29 is 9.90 Å². The zero-order chi connectivity index (χ0) is 14.5. The number of carbonyl (C=O) groups is 1. The Balaban J connectivity index is 2.27. The van der Waals surface area contributed by atoms with Gasteiger partial charge in [-0.15, -0.1) is 10.2 Å². The highest BCUT2D eigenvalue weighted by molar-refractivity contribution is 8.00. The second kappa shape index (κ2) is 6.85. The van der Waals surface area contributed by atoms with Gasteiger partial charge in [-0.05, 0) is 30.5 Å². The number of benzene rings is 1. The highest BCUT2D eigenvalue weighted by Crippen LogP contribution is 2.32. The second-order valence-electron chi connectivity index (χ2n) is 4.35. The van der Waals surface area contributed by atoms with Gasteiger partial charge in [0.25, 0.3) is 0 Å². The normalized spacial score (nSPS) is 10.7. The Morgan fingerprint density at radius 1 is 1.50 bits per heavy atom. The summed E-state index contributed by atoms with van der Waals surface area (Å²) in [5.41, 5.74) is 5.00. The van der Waals surface area contributed by atoms with Gasteiger partial charge in [-0.25, -0.2) is 0 Å². The van der Waals surface area contributed by atoms with Crippen molar-refractivity contribution in [2.24, 2.45) is 0 Å². The highest BCUT2D eigenvalue weighted by atomic mass is 32.2. The van der Waals surface area contributed by atoms with Crippen LogP contribution in [0.4, 0.5) is 0 Å². The van der Waals surface area contributed by atoms with Crippen molar-refractivity contribution in [3.63, 3.8) is 0 Å². The van der Waals surface area contributed by atoms with Crippen molar-refractivity contribution in [3.8, 4) is 5.75 Å². The molecular weight excluding hydrogens is 292 g/mol. The Hall–Kier alpha value is -1.40. The van der Waals surface area contributed by atoms with E-state index in [2.05, 4.69) is 22.6 Å². The molecule has 0 atom stereocenters. The van der Waals surface area contributed by atoms with Gasteiger partial charge in [-0.3, -0.25) is 4.79 Å². The molecule has 0 aliphatic carbocycles. The minimum absolute atomic E-state index is 0.113. The molecule has 0 amide bonds. The lowest BCUT2D eigenvalue weighted by Crippen LogP contribution is -2.00. The van der Waals surface area contributed by atoms with Crippen LogP contribution in [0.3, 0.4) is 0 Å². The Labute approximate surface area is 126 Å². The lowest BCUT2D eigenvalue weighted by atomic mass is 9.98. The second-order valence-corrected chi connectivity index (χ2v) is 6.35. The number of phenols is 1. The Kier molecular flexibility index (Phi) is 5.14. The van der Waals surface area contributed by atoms with E-state index < -0.39 is 0 Å². The predicted molar refractivity (Wildman–Crippen MR) is 80.4 cm³/mol. The van der Waals surface area contributed by atoms with Crippen molar-refractivity contribution in [3.05, 3.63) is 34.3 Å². The maximum absolute atomic E-state index is 11.5. The molecule has 0 unspecified atom stereocenters. The molecule has 2 aromatic rings. The monoisotopic (exact) mass is 307 g/mol.